The van der Waals surface area contributed by atoms with E-state index < -0.39 is 30.5 Å². The number of thiophene rings is 1. The van der Waals surface area contributed by atoms with Crippen LogP contribution in [0.5, 0.6) is 5.75 Å². The number of esters is 1. The summed E-state index contributed by atoms with van der Waals surface area (Å²) >= 11 is 7.12. The Kier molecular flexibility index (Phi) is 6.59. The monoisotopic (exact) mass is 396 g/mol. The van der Waals surface area contributed by atoms with Crippen LogP contribution < -0.4 is 15.8 Å². The number of aryl methyl sites for hydroxylation is 1. The van der Waals surface area contributed by atoms with E-state index in [1.165, 1.54) is 13.0 Å². The summed E-state index contributed by atoms with van der Waals surface area (Å²) in [7, 11) is 0. The van der Waals surface area contributed by atoms with Crippen LogP contribution in [0.1, 0.15) is 22.8 Å². The van der Waals surface area contributed by atoms with E-state index in [0.29, 0.717) is 15.8 Å². The molecule has 0 fully saturated rings. The van der Waals surface area contributed by atoms with E-state index in [0.717, 1.165) is 16.9 Å². The van der Waals surface area contributed by atoms with Gasteiger partial charge in [0.15, 0.2) is 12.7 Å². The first-order valence-corrected chi connectivity index (χ1v) is 8.80. The Labute approximate surface area is 159 Å². The number of anilines is 1. The molecular formula is C17H17ClN2O5S. The van der Waals surface area contributed by atoms with Gasteiger partial charge in [0, 0.05) is 0 Å². The summed E-state index contributed by atoms with van der Waals surface area (Å²) in [6.07, 6.45) is -1.08. The molecule has 9 heteroatoms. The fourth-order valence-corrected chi connectivity index (χ4v) is 2.92. The van der Waals surface area contributed by atoms with E-state index in [2.05, 4.69) is 5.32 Å². The van der Waals surface area contributed by atoms with Crippen molar-refractivity contribution in [1.82, 2.24) is 0 Å². The van der Waals surface area contributed by atoms with Crippen molar-refractivity contribution in [2.45, 2.75) is 20.0 Å². The van der Waals surface area contributed by atoms with Crippen molar-refractivity contribution in [3.05, 3.63) is 45.8 Å². The zero-order chi connectivity index (χ0) is 19.3. The number of rotatable bonds is 7. The van der Waals surface area contributed by atoms with E-state index in [9.17, 15) is 14.4 Å². The lowest BCUT2D eigenvalue weighted by Crippen LogP contribution is -2.32. The number of halogens is 1. The van der Waals surface area contributed by atoms with Gasteiger partial charge in [0.05, 0.1) is 10.6 Å². The minimum atomic E-state index is -1.08. The van der Waals surface area contributed by atoms with Crippen molar-refractivity contribution in [1.29, 1.82) is 0 Å². The SMILES string of the molecule is Cc1ccc(Cl)c(OCC(=O)O[C@@H](C)C(=O)Nc2sccc2C(N)=O)c1. The average Bonchev–Trinajstić information content (AvgIpc) is 3.04. The fourth-order valence-electron chi connectivity index (χ4n) is 1.96. The first-order chi connectivity index (χ1) is 12.3. The minimum absolute atomic E-state index is 0.194. The smallest absolute Gasteiger partial charge is 0.344 e. The summed E-state index contributed by atoms with van der Waals surface area (Å²) in [5.41, 5.74) is 6.33. The molecule has 2 amide bonds. The number of benzene rings is 1. The zero-order valence-electron chi connectivity index (χ0n) is 14.1. The lowest BCUT2D eigenvalue weighted by Gasteiger charge is -2.14. The largest absolute Gasteiger partial charge is 0.480 e. The summed E-state index contributed by atoms with van der Waals surface area (Å²) in [5.74, 6) is -1.62. The van der Waals surface area contributed by atoms with Crippen LogP contribution in [0.15, 0.2) is 29.6 Å². The predicted molar refractivity (Wildman–Crippen MR) is 98.7 cm³/mol. The number of ether oxygens (including phenoxy) is 2. The fraction of sp³-hybridized carbons (Fsp3) is 0.235. The molecule has 1 aromatic carbocycles. The molecule has 0 aliphatic heterocycles. The number of hydrogen-bond acceptors (Lipinski definition) is 6. The highest BCUT2D eigenvalue weighted by Crippen LogP contribution is 2.25. The topological polar surface area (TPSA) is 108 Å². The van der Waals surface area contributed by atoms with Crippen LogP contribution in [-0.4, -0.2) is 30.5 Å². The van der Waals surface area contributed by atoms with Gasteiger partial charge < -0.3 is 20.5 Å². The molecule has 138 valence electrons. The maximum Gasteiger partial charge on any atom is 0.344 e. The third-order valence-corrected chi connectivity index (χ3v) is 4.42. The number of primary amides is 1. The number of carbonyl (C=O) groups excluding carboxylic acids is 3. The Morgan fingerprint density at radius 1 is 1.31 bits per heavy atom. The Hall–Kier alpha value is -2.58. The molecule has 1 aromatic heterocycles. The molecule has 26 heavy (non-hydrogen) atoms. The predicted octanol–water partition coefficient (Wildman–Crippen LogP) is 2.76. The standard InChI is InChI=1S/C17H17ClN2O5S/c1-9-3-4-12(18)13(7-9)24-8-14(21)25-10(2)16(23)20-17-11(15(19)22)5-6-26-17/h3-7,10H,8H2,1-2H3,(H2,19,22)(H,20,23)/t10-/m0/s1. The molecular weight excluding hydrogens is 380 g/mol. The van der Waals surface area contributed by atoms with Gasteiger partial charge >= 0.3 is 5.97 Å². The third-order valence-electron chi connectivity index (χ3n) is 3.28. The van der Waals surface area contributed by atoms with Crippen LogP contribution >= 0.6 is 22.9 Å². The van der Waals surface area contributed by atoms with Gasteiger partial charge in [-0.15, -0.1) is 11.3 Å². The molecule has 0 saturated carbocycles. The van der Waals surface area contributed by atoms with Crippen molar-refractivity contribution in [2.24, 2.45) is 5.73 Å². The first kappa shape index (κ1) is 19.7. The molecule has 3 N–H and O–H groups in total. The molecule has 0 radical (unpaired) electrons. The second-order valence-electron chi connectivity index (χ2n) is 5.37. The Morgan fingerprint density at radius 3 is 2.73 bits per heavy atom. The number of amides is 2. The summed E-state index contributed by atoms with van der Waals surface area (Å²) in [6.45, 7) is 2.87. The Balaban J connectivity index is 1.88. The Morgan fingerprint density at radius 2 is 2.04 bits per heavy atom. The maximum atomic E-state index is 12.1. The first-order valence-electron chi connectivity index (χ1n) is 7.54. The van der Waals surface area contributed by atoms with Crippen LogP contribution in [0.25, 0.3) is 0 Å². The maximum absolute atomic E-state index is 12.1. The summed E-state index contributed by atoms with van der Waals surface area (Å²) in [4.78, 5) is 35.2. The molecule has 7 nitrogen and oxygen atoms in total. The van der Waals surface area contributed by atoms with Gasteiger partial charge in [0.2, 0.25) is 0 Å². The minimum Gasteiger partial charge on any atom is -0.480 e. The van der Waals surface area contributed by atoms with Gasteiger partial charge in [0.1, 0.15) is 10.8 Å². The highest BCUT2D eigenvalue weighted by molar-refractivity contribution is 7.14. The van der Waals surface area contributed by atoms with E-state index >= 15 is 0 Å². The molecule has 0 unspecified atom stereocenters. The van der Waals surface area contributed by atoms with Gasteiger partial charge in [0.25, 0.3) is 11.8 Å². The summed E-state index contributed by atoms with van der Waals surface area (Å²) in [5, 5.41) is 4.79. The number of carbonyl (C=O) groups is 3. The van der Waals surface area contributed by atoms with Gasteiger partial charge in [-0.2, -0.15) is 0 Å². The van der Waals surface area contributed by atoms with Crippen LogP contribution in [-0.2, 0) is 14.3 Å². The lowest BCUT2D eigenvalue weighted by molar-refractivity contribution is -0.155. The molecule has 2 aromatic rings. The van der Waals surface area contributed by atoms with Crippen molar-refractivity contribution >= 4 is 45.7 Å². The van der Waals surface area contributed by atoms with Crippen molar-refractivity contribution < 1.29 is 23.9 Å². The summed E-state index contributed by atoms with van der Waals surface area (Å²) < 4.78 is 10.3. The highest BCUT2D eigenvalue weighted by atomic mass is 35.5. The van der Waals surface area contributed by atoms with Crippen molar-refractivity contribution in [3.63, 3.8) is 0 Å². The average molecular weight is 397 g/mol. The molecule has 0 bridgehead atoms. The zero-order valence-corrected chi connectivity index (χ0v) is 15.6. The highest BCUT2D eigenvalue weighted by Gasteiger charge is 2.21. The molecule has 1 heterocycles. The van der Waals surface area contributed by atoms with Crippen molar-refractivity contribution in [2.75, 3.05) is 11.9 Å². The quantitative estimate of drug-likeness (QED) is 0.699. The second kappa shape index (κ2) is 8.68. The van der Waals surface area contributed by atoms with Gasteiger partial charge in [-0.1, -0.05) is 17.7 Å². The summed E-state index contributed by atoms with van der Waals surface area (Å²) in [6, 6.07) is 6.66. The lowest BCUT2D eigenvalue weighted by atomic mass is 10.2. The second-order valence-corrected chi connectivity index (χ2v) is 6.69. The molecule has 0 aliphatic carbocycles. The van der Waals surface area contributed by atoms with E-state index in [1.54, 1.807) is 17.5 Å². The van der Waals surface area contributed by atoms with Crippen LogP contribution in [0.2, 0.25) is 5.02 Å². The Bertz CT molecular complexity index is 836. The number of nitrogens with one attached hydrogen (secondary N) is 1. The van der Waals surface area contributed by atoms with Gasteiger partial charge in [-0.05, 0) is 43.0 Å². The van der Waals surface area contributed by atoms with Crippen molar-refractivity contribution in [3.8, 4) is 5.75 Å². The van der Waals surface area contributed by atoms with Crippen LogP contribution in [0.4, 0.5) is 5.00 Å². The number of hydrogen-bond donors (Lipinski definition) is 2. The molecule has 0 aliphatic rings. The molecule has 0 saturated heterocycles. The van der Waals surface area contributed by atoms with E-state index in [1.807, 2.05) is 13.0 Å². The number of nitrogens with two attached hydrogens (primary N) is 1. The molecule has 2 rings (SSSR count). The van der Waals surface area contributed by atoms with E-state index in [-0.39, 0.29) is 5.56 Å². The molecule has 0 spiro atoms. The van der Waals surface area contributed by atoms with E-state index in [4.69, 9.17) is 26.8 Å². The third kappa shape index (κ3) is 5.21. The van der Waals surface area contributed by atoms with Gasteiger partial charge in [-0.3, -0.25) is 9.59 Å². The van der Waals surface area contributed by atoms with Crippen LogP contribution in [0, 0.1) is 6.92 Å². The molecule has 1 atom stereocenters. The normalized spacial score (nSPS) is 11.5. The van der Waals surface area contributed by atoms with Gasteiger partial charge in [-0.25, -0.2) is 4.79 Å². The van der Waals surface area contributed by atoms with Crippen LogP contribution in [0.3, 0.4) is 0 Å².